The summed E-state index contributed by atoms with van der Waals surface area (Å²) >= 11 is 3.01. The SMILES string of the molecule is O=C(O)Cc1ccc2c(nn[n]2[Ag])c1S(=O)(=O)O. The van der Waals surface area contributed by atoms with Crippen molar-refractivity contribution in [1.29, 1.82) is 0 Å². The first-order valence-electron chi connectivity index (χ1n) is 4.50. The second-order valence-corrected chi connectivity index (χ2v) is 5.37. The maximum absolute atomic E-state index is 11.3. The summed E-state index contributed by atoms with van der Waals surface area (Å²) in [6.45, 7) is 0. The van der Waals surface area contributed by atoms with Gasteiger partial charge < -0.3 is 0 Å². The molecule has 18 heavy (non-hydrogen) atoms. The van der Waals surface area contributed by atoms with Gasteiger partial charge in [0.15, 0.2) is 0 Å². The zero-order chi connectivity index (χ0) is 13.5. The molecule has 1 aromatic carbocycles. The van der Waals surface area contributed by atoms with Crippen LogP contribution in [0.5, 0.6) is 0 Å². The molecule has 0 aliphatic carbocycles. The summed E-state index contributed by atoms with van der Waals surface area (Å²) in [7, 11) is -4.59. The Morgan fingerprint density at radius 2 is 2.11 bits per heavy atom. The summed E-state index contributed by atoms with van der Waals surface area (Å²) in [6.07, 6.45) is -0.542. The molecule has 0 aliphatic heterocycles. The minimum atomic E-state index is -4.59. The first-order chi connectivity index (χ1) is 8.30. The van der Waals surface area contributed by atoms with Gasteiger partial charge in [0.1, 0.15) is 0 Å². The molecule has 0 saturated carbocycles. The molecule has 0 aliphatic rings. The van der Waals surface area contributed by atoms with E-state index in [0.717, 1.165) is 3.09 Å². The predicted octanol–water partition coefficient (Wildman–Crippen LogP) is -0.385. The number of benzene rings is 1. The zero-order valence-electron chi connectivity index (χ0n) is 8.53. The van der Waals surface area contributed by atoms with E-state index in [2.05, 4.69) is 31.6 Å². The van der Waals surface area contributed by atoms with Crippen LogP contribution in [-0.2, 0) is 42.7 Å². The van der Waals surface area contributed by atoms with Crippen molar-refractivity contribution < 1.29 is 44.2 Å². The summed E-state index contributed by atoms with van der Waals surface area (Å²) in [5.41, 5.74) is 0.160. The minimum absolute atomic E-state index is 0.0507. The number of carbonyl (C=O) groups is 1. The third kappa shape index (κ3) is 2.31. The summed E-state index contributed by atoms with van der Waals surface area (Å²) in [5, 5.41) is 15.8. The Kier molecular flexibility index (Phi) is 3.25. The van der Waals surface area contributed by atoms with E-state index in [1.807, 2.05) is 0 Å². The van der Waals surface area contributed by atoms with Crippen molar-refractivity contribution >= 4 is 27.1 Å². The molecule has 1 heterocycles. The number of hydrogen-bond donors (Lipinski definition) is 2. The van der Waals surface area contributed by atoms with Crippen LogP contribution in [0.1, 0.15) is 5.56 Å². The summed E-state index contributed by atoms with van der Waals surface area (Å²) < 4.78 is 33.0. The van der Waals surface area contributed by atoms with Gasteiger partial charge in [0.25, 0.3) is 0 Å². The Hall–Kier alpha value is -1.26. The molecule has 2 rings (SSSR count). The van der Waals surface area contributed by atoms with E-state index in [4.69, 9.17) is 5.11 Å². The van der Waals surface area contributed by atoms with Gasteiger partial charge in [-0.1, -0.05) is 0 Å². The van der Waals surface area contributed by atoms with Crippen molar-refractivity contribution in [2.75, 3.05) is 0 Å². The number of aliphatic carboxylic acids is 1. The topological polar surface area (TPSA) is 122 Å². The van der Waals surface area contributed by atoms with Crippen LogP contribution in [0, 0.1) is 0 Å². The molecular weight excluding hydrogens is 358 g/mol. The number of fused-ring (bicyclic) bond motifs is 1. The first-order valence-corrected chi connectivity index (χ1v) is 6.60. The van der Waals surface area contributed by atoms with Gasteiger partial charge >= 0.3 is 114 Å². The van der Waals surface area contributed by atoms with Crippen LogP contribution in [-0.4, -0.2) is 37.4 Å². The summed E-state index contributed by atoms with van der Waals surface area (Å²) in [4.78, 5) is 10.1. The first kappa shape index (κ1) is 13.2. The number of nitrogens with zero attached hydrogens (tertiary/aromatic N) is 3. The average Bonchev–Trinajstić information content (AvgIpc) is 2.57. The van der Waals surface area contributed by atoms with E-state index in [0.29, 0.717) is 5.52 Å². The van der Waals surface area contributed by atoms with Gasteiger partial charge in [-0.25, -0.2) is 0 Å². The second kappa shape index (κ2) is 4.44. The van der Waals surface area contributed by atoms with Crippen LogP contribution in [0.3, 0.4) is 0 Å². The Labute approximate surface area is 114 Å². The molecule has 2 N–H and O–H groups in total. The van der Waals surface area contributed by atoms with Crippen molar-refractivity contribution in [2.45, 2.75) is 11.3 Å². The average molecular weight is 364 g/mol. The van der Waals surface area contributed by atoms with Crippen LogP contribution < -0.4 is 0 Å². The van der Waals surface area contributed by atoms with Gasteiger partial charge in [0, 0.05) is 0 Å². The standard InChI is InChI=1S/C8H7N3O5S.Ag/c12-6(13)3-4-1-2-5-7(10-11-9-5)8(4)17(14,15)16;/h1-2H,3H2,(H3,9,10,11,12,13,14,15,16);/q;+1/p-1. The molecule has 0 spiro atoms. The zero-order valence-corrected chi connectivity index (χ0v) is 10.8. The van der Waals surface area contributed by atoms with E-state index in [9.17, 15) is 17.8 Å². The molecule has 1 aromatic heterocycles. The van der Waals surface area contributed by atoms with Gasteiger partial charge in [-0.05, 0) is 0 Å². The van der Waals surface area contributed by atoms with E-state index in [-0.39, 0.29) is 11.1 Å². The normalized spacial score (nSPS) is 11.9. The molecule has 0 fully saturated rings. The summed E-state index contributed by atoms with van der Waals surface area (Å²) in [5.74, 6) is -1.22. The van der Waals surface area contributed by atoms with Gasteiger partial charge in [-0.2, -0.15) is 0 Å². The van der Waals surface area contributed by atoms with Crippen molar-refractivity contribution in [3.63, 3.8) is 0 Å². The van der Waals surface area contributed by atoms with Crippen LogP contribution in [0.4, 0.5) is 0 Å². The van der Waals surface area contributed by atoms with Crippen molar-refractivity contribution in [2.24, 2.45) is 0 Å². The van der Waals surface area contributed by atoms with E-state index < -0.39 is 27.4 Å². The number of hydrogen-bond acceptors (Lipinski definition) is 5. The summed E-state index contributed by atoms with van der Waals surface area (Å²) in [6, 6.07) is 2.75. The maximum atomic E-state index is 11.3. The molecule has 2 aromatic rings. The Bertz CT molecular complexity index is 739. The predicted molar refractivity (Wildman–Crippen MR) is 54.1 cm³/mol. The fraction of sp³-hybridized carbons (Fsp3) is 0.125. The molecule has 0 radical (unpaired) electrons. The molecule has 0 saturated heterocycles. The van der Waals surface area contributed by atoms with Gasteiger partial charge in [0.05, 0.1) is 0 Å². The quantitative estimate of drug-likeness (QED) is 0.562. The number of carboxylic acid groups (broad SMARTS) is 1. The fourth-order valence-electron chi connectivity index (χ4n) is 1.55. The number of rotatable bonds is 3. The number of carboxylic acids is 1. The molecule has 100 valence electrons. The van der Waals surface area contributed by atoms with Gasteiger partial charge in [-0.3, -0.25) is 0 Å². The van der Waals surface area contributed by atoms with Gasteiger partial charge in [0.2, 0.25) is 0 Å². The van der Waals surface area contributed by atoms with E-state index in [1.54, 1.807) is 0 Å². The molecule has 0 unspecified atom stereocenters. The molecule has 0 atom stereocenters. The molecular formula is C8H6AgN3O5S. The van der Waals surface area contributed by atoms with Crippen LogP contribution in [0.2, 0.25) is 0 Å². The molecule has 10 heteroatoms. The Morgan fingerprint density at radius 3 is 2.67 bits per heavy atom. The van der Waals surface area contributed by atoms with Gasteiger partial charge in [-0.15, -0.1) is 0 Å². The fourth-order valence-corrected chi connectivity index (χ4v) is 2.75. The van der Waals surface area contributed by atoms with Crippen molar-refractivity contribution in [3.8, 4) is 0 Å². The molecule has 0 amide bonds. The van der Waals surface area contributed by atoms with Crippen LogP contribution in [0.25, 0.3) is 11.0 Å². The van der Waals surface area contributed by atoms with Crippen LogP contribution in [0.15, 0.2) is 17.0 Å². The third-order valence-corrected chi connectivity index (χ3v) is 3.65. The second-order valence-electron chi connectivity index (χ2n) is 3.38. The van der Waals surface area contributed by atoms with Crippen LogP contribution >= 0.6 is 0 Å². The van der Waals surface area contributed by atoms with Crippen molar-refractivity contribution in [3.05, 3.63) is 17.7 Å². The van der Waals surface area contributed by atoms with E-state index in [1.165, 1.54) is 12.1 Å². The molecule has 8 nitrogen and oxygen atoms in total. The number of aromatic nitrogens is 3. The third-order valence-electron chi connectivity index (χ3n) is 2.19. The monoisotopic (exact) mass is 363 g/mol. The molecule has 0 bridgehead atoms. The Balaban J connectivity index is 2.84. The Morgan fingerprint density at radius 1 is 1.44 bits per heavy atom. The van der Waals surface area contributed by atoms with E-state index >= 15 is 0 Å². The van der Waals surface area contributed by atoms with Crippen molar-refractivity contribution in [1.82, 2.24) is 13.4 Å².